The molecule has 0 saturated heterocycles. The molecule has 0 aliphatic carbocycles. The first-order valence-corrected chi connectivity index (χ1v) is 9.24. The molecule has 7 heteroatoms. The number of nitrogens with zero attached hydrogens (tertiary/aromatic N) is 1. The molecule has 24 heavy (non-hydrogen) atoms. The van der Waals surface area contributed by atoms with E-state index in [9.17, 15) is 8.42 Å². The maximum absolute atomic E-state index is 13.0. The summed E-state index contributed by atoms with van der Waals surface area (Å²) in [6.45, 7) is 5.52. The summed E-state index contributed by atoms with van der Waals surface area (Å²) in [5, 5.41) is 0.640. The lowest BCUT2D eigenvalue weighted by molar-refractivity contribution is 0.411. The van der Waals surface area contributed by atoms with Gasteiger partial charge in [-0.25, -0.2) is 8.42 Å². The molecular formula is C17H17Cl2NO3S. The van der Waals surface area contributed by atoms with E-state index >= 15 is 0 Å². The van der Waals surface area contributed by atoms with Gasteiger partial charge in [0.1, 0.15) is 5.75 Å². The third-order valence-corrected chi connectivity index (χ3v) is 5.97. The summed E-state index contributed by atoms with van der Waals surface area (Å²) >= 11 is 11.9. The SMILES string of the molecule is C=CCN(c1ccc(Cl)c(Cl)c1)S(=O)(=O)c1ccc(OC)c(C)c1. The van der Waals surface area contributed by atoms with Crippen molar-refractivity contribution < 1.29 is 13.2 Å². The Balaban J connectivity index is 2.54. The van der Waals surface area contributed by atoms with Crippen molar-refractivity contribution in [2.24, 2.45) is 0 Å². The number of hydrogen-bond acceptors (Lipinski definition) is 3. The minimum Gasteiger partial charge on any atom is -0.496 e. The zero-order valence-corrected chi connectivity index (χ0v) is 15.6. The van der Waals surface area contributed by atoms with Crippen LogP contribution >= 0.6 is 23.2 Å². The van der Waals surface area contributed by atoms with E-state index in [0.717, 1.165) is 5.56 Å². The zero-order valence-electron chi connectivity index (χ0n) is 13.3. The highest BCUT2D eigenvalue weighted by atomic mass is 35.5. The molecule has 0 atom stereocenters. The normalized spacial score (nSPS) is 11.2. The van der Waals surface area contributed by atoms with Crippen molar-refractivity contribution in [2.75, 3.05) is 18.0 Å². The van der Waals surface area contributed by atoms with Crippen LogP contribution in [0.4, 0.5) is 5.69 Å². The van der Waals surface area contributed by atoms with Crippen LogP contribution in [0.1, 0.15) is 5.56 Å². The fraction of sp³-hybridized carbons (Fsp3) is 0.176. The second-order valence-electron chi connectivity index (χ2n) is 5.05. The van der Waals surface area contributed by atoms with Gasteiger partial charge in [-0.2, -0.15) is 0 Å². The molecule has 0 bridgehead atoms. The first-order valence-electron chi connectivity index (χ1n) is 7.04. The number of anilines is 1. The van der Waals surface area contributed by atoms with E-state index in [4.69, 9.17) is 27.9 Å². The molecule has 0 N–H and O–H groups in total. The minimum atomic E-state index is -3.79. The van der Waals surface area contributed by atoms with Crippen molar-refractivity contribution in [3.05, 3.63) is 64.7 Å². The van der Waals surface area contributed by atoms with Crippen molar-refractivity contribution >= 4 is 38.9 Å². The highest BCUT2D eigenvalue weighted by Gasteiger charge is 2.25. The molecule has 0 radical (unpaired) electrons. The Hall–Kier alpha value is -1.69. The average Bonchev–Trinajstić information content (AvgIpc) is 2.55. The summed E-state index contributed by atoms with van der Waals surface area (Å²) in [6.07, 6.45) is 1.51. The topological polar surface area (TPSA) is 46.6 Å². The Bertz CT molecular complexity index is 866. The van der Waals surface area contributed by atoms with E-state index < -0.39 is 10.0 Å². The van der Waals surface area contributed by atoms with E-state index in [1.807, 2.05) is 0 Å². The Morgan fingerprint density at radius 1 is 1.17 bits per heavy atom. The Morgan fingerprint density at radius 3 is 2.42 bits per heavy atom. The van der Waals surface area contributed by atoms with Crippen molar-refractivity contribution in [1.82, 2.24) is 0 Å². The third kappa shape index (κ3) is 3.69. The lowest BCUT2D eigenvalue weighted by Gasteiger charge is -2.24. The van der Waals surface area contributed by atoms with Gasteiger partial charge in [0.2, 0.25) is 0 Å². The summed E-state index contributed by atoms with van der Waals surface area (Å²) in [5.41, 5.74) is 1.14. The molecule has 0 aliphatic heterocycles. The molecule has 2 aromatic rings. The van der Waals surface area contributed by atoms with Gasteiger partial charge in [0.25, 0.3) is 10.0 Å². The molecule has 2 aromatic carbocycles. The minimum absolute atomic E-state index is 0.103. The van der Waals surface area contributed by atoms with E-state index in [1.165, 1.54) is 29.6 Å². The van der Waals surface area contributed by atoms with Crippen LogP contribution in [0.2, 0.25) is 10.0 Å². The molecule has 128 valence electrons. The fourth-order valence-electron chi connectivity index (χ4n) is 2.24. The molecule has 0 amide bonds. The summed E-state index contributed by atoms with van der Waals surface area (Å²) in [4.78, 5) is 0.161. The van der Waals surface area contributed by atoms with Gasteiger partial charge >= 0.3 is 0 Å². The number of rotatable bonds is 6. The Kier molecular flexibility index (Phi) is 5.80. The highest BCUT2D eigenvalue weighted by molar-refractivity contribution is 7.92. The first-order chi connectivity index (χ1) is 11.3. The van der Waals surface area contributed by atoms with E-state index in [-0.39, 0.29) is 16.5 Å². The van der Waals surface area contributed by atoms with Crippen molar-refractivity contribution in [1.29, 1.82) is 0 Å². The van der Waals surface area contributed by atoms with Crippen molar-refractivity contribution in [3.8, 4) is 5.75 Å². The maximum Gasteiger partial charge on any atom is 0.264 e. The largest absolute Gasteiger partial charge is 0.496 e. The quantitative estimate of drug-likeness (QED) is 0.677. The summed E-state index contributed by atoms with van der Waals surface area (Å²) < 4.78 is 32.5. The zero-order chi connectivity index (χ0) is 17.9. The summed E-state index contributed by atoms with van der Waals surface area (Å²) in [5.74, 6) is 0.624. The second-order valence-corrected chi connectivity index (χ2v) is 7.73. The van der Waals surface area contributed by atoms with Gasteiger partial charge in [0.15, 0.2) is 0 Å². The number of hydrogen-bond donors (Lipinski definition) is 0. The van der Waals surface area contributed by atoms with Crippen LogP contribution in [0, 0.1) is 6.92 Å². The predicted molar refractivity (Wildman–Crippen MR) is 98.9 cm³/mol. The lowest BCUT2D eigenvalue weighted by Crippen LogP contribution is -2.31. The standard InChI is InChI=1S/C17H17Cl2NO3S/c1-4-9-20(13-5-7-15(18)16(19)11-13)24(21,22)14-6-8-17(23-3)12(2)10-14/h4-8,10-11H,1,9H2,2-3H3. The summed E-state index contributed by atoms with van der Waals surface area (Å²) in [7, 11) is -2.25. The van der Waals surface area contributed by atoms with Crippen molar-refractivity contribution in [3.63, 3.8) is 0 Å². The van der Waals surface area contributed by atoms with Gasteiger partial charge in [-0.3, -0.25) is 4.31 Å². The van der Waals surface area contributed by atoms with Crippen molar-refractivity contribution in [2.45, 2.75) is 11.8 Å². The van der Waals surface area contributed by atoms with Gasteiger partial charge < -0.3 is 4.74 Å². The maximum atomic E-state index is 13.0. The van der Waals surface area contributed by atoms with Crippen LogP contribution in [0.5, 0.6) is 5.75 Å². The predicted octanol–water partition coefficient (Wildman–Crippen LogP) is 4.69. The molecule has 0 fully saturated rings. The van der Waals surface area contributed by atoms with Gasteiger partial charge in [0.05, 0.1) is 34.3 Å². The monoisotopic (exact) mass is 385 g/mol. The third-order valence-electron chi connectivity index (χ3n) is 3.44. The van der Waals surface area contributed by atoms with Gasteiger partial charge in [-0.05, 0) is 48.9 Å². The molecular weight excluding hydrogens is 369 g/mol. The van der Waals surface area contributed by atoms with Gasteiger partial charge in [-0.1, -0.05) is 29.3 Å². The molecule has 0 spiro atoms. The number of aryl methyl sites for hydroxylation is 1. The molecule has 0 aromatic heterocycles. The van der Waals surface area contributed by atoms with Crippen LogP contribution in [0.25, 0.3) is 0 Å². The second kappa shape index (κ2) is 7.47. The van der Waals surface area contributed by atoms with Crippen LogP contribution in [0.3, 0.4) is 0 Å². The number of ether oxygens (including phenoxy) is 1. The smallest absolute Gasteiger partial charge is 0.264 e. The number of halogens is 2. The Morgan fingerprint density at radius 2 is 1.88 bits per heavy atom. The van der Waals surface area contributed by atoms with Crippen LogP contribution in [0.15, 0.2) is 53.9 Å². The average molecular weight is 386 g/mol. The summed E-state index contributed by atoms with van der Waals surface area (Å²) in [6, 6.07) is 9.39. The van der Waals surface area contributed by atoms with E-state index in [2.05, 4.69) is 6.58 Å². The molecule has 0 heterocycles. The molecule has 0 saturated carbocycles. The molecule has 4 nitrogen and oxygen atoms in total. The molecule has 2 rings (SSSR count). The molecule has 0 aliphatic rings. The highest BCUT2D eigenvalue weighted by Crippen LogP contribution is 2.31. The van der Waals surface area contributed by atoms with Crippen LogP contribution in [-0.2, 0) is 10.0 Å². The first kappa shape index (κ1) is 18.6. The van der Waals surface area contributed by atoms with E-state index in [1.54, 1.807) is 31.2 Å². The van der Waals surface area contributed by atoms with Gasteiger partial charge in [0, 0.05) is 0 Å². The lowest BCUT2D eigenvalue weighted by atomic mass is 10.2. The Labute approximate surface area is 152 Å². The number of methoxy groups -OCH3 is 1. The number of benzene rings is 2. The van der Waals surface area contributed by atoms with Crippen LogP contribution in [-0.4, -0.2) is 22.1 Å². The van der Waals surface area contributed by atoms with Gasteiger partial charge in [-0.15, -0.1) is 6.58 Å². The fourth-order valence-corrected chi connectivity index (χ4v) is 4.04. The molecule has 0 unspecified atom stereocenters. The van der Waals surface area contributed by atoms with E-state index in [0.29, 0.717) is 16.5 Å². The number of sulfonamides is 1. The van der Waals surface area contributed by atoms with Crippen LogP contribution < -0.4 is 9.04 Å².